The molecule has 1 aliphatic rings. The van der Waals surface area contributed by atoms with Crippen molar-refractivity contribution in [1.82, 2.24) is 15.1 Å². The van der Waals surface area contributed by atoms with Crippen LogP contribution in [0.4, 0.5) is 31.1 Å². The Morgan fingerprint density at radius 3 is 2.03 bits per heavy atom. The average Bonchev–Trinajstić information content (AvgIpc) is 2.79. The van der Waals surface area contributed by atoms with Gasteiger partial charge < -0.3 is 15.3 Å². The summed E-state index contributed by atoms with van der Waals surface area (Å²) in [5.74, 6) is -1.64. The highest BCUT2D eigenvalue weighted by Crippen LogP contribution is 2.36. The first kappa shape index (κ1) is 26.6. The van der Waals surface area contributed by atoms with Crippen molar-refractivity contribution in [2.75, 3.05) is 20.1 Å². The molecule has 2 aromatic rings. The van der Waals surface area contributed by atoms with Gasteiger partial charge in [0, 0.05) is 19.2 Å². The van der Waals surface area contributed by atoms with Gasteiger partial charge in [0.25, 0.3) is 5.91 Å². The van der Waals surface area contributed by atoms with Crippen LogP contribution in [0.5, 0.6) is 0 Å². The van der Waals surface area contributed by atoms with E-state index in [-0.39, 0.29) is 23.0 Å². The SMILES string of the molecule is CN1C(=O)CN(C(=O)O)C(c2ccccc2)=C1C(=O)NCCc1cc(C(F)(F)F)cc(C(F)(F)F)c1. The molecular weight excluding hydrogens is 496 g/mol. The molecule has 7 nitrogen and oxygen atoms in total. The van der Waals surface area contributed by atoms with Gasteiger partial charge in [-0.25, -0.2) is 4.79 Å². The van der Waals surface area contributed by atoms with Gasteiger partial charge in [0.05, 0.1) is 16.8 Å². The van der Waals surface area contributed by atoms with Crippen LogP contribution in [-0.2, 0) is 28.4 Å². The van der Waals surface area contributed by atoms with Crippen LogP contribution < -0.4 is 5.32 Å². The summed E-state index contributed by atoms with van der Waals surface area (Å²) in [4.78, 5) is 38.8. The van der Waals surface area contributed by atoms with E-state index in [2.05, 4.69) is 5.32 Å². The van der Waals surface area contributed by atoms with E-state index in [9.17, 15) is 45.8 Å². The monoisotopic (exact) mass is 515 g/mol. The minimum atomic E-state index is -5.01. The fourth-order valence-corrected chi connectivity index (χ4v) is 3.61. The molecule has 0 aromatic heterocycles. The highest BCUT2D eigenvalue weighted by Gasteiger charge is 2.38. The Bertz CT molecular complexity index is 1180. The number of carbonyl (C=O) groups excluding carboxylic acids is 2. The van der Waals surface area contributed by atoms with Gasteiger partial charge in [0.1, 0.15) is 12.2 Å². The number of carbonyl (C=O) groups is 3. The molecule has 36 heavy (non-hydrogen) atoms. The molecule has 0 bridgehead atoms. The smallest absolute Gasteiger partial charge is 0.416 e. The lowest BCUT2D eigenvalue weighted by molar-refractivity contribution is -0.143. The first-order chi connectivity index (χ1) is 16.7. The molecule has 0 aliphatic carbocycles. The molecule has 3 rings (SSSR count). The number of nitrogens with one attached hydrogen (secondary N) is 1. The van der Waals surface area contributed by atoms with Crippen molar-refractivity contribution < 1.29 is 45.8 Å². The van der Waals surface area contributed by atoms with Gasteiger partial charge in [-0.1, -0.05) is 30.3 Å². The van der Waals surface area contributed by atoms with Crippen molar-refractivity contribution in [2.24, 2.45) is 0 Å². The van der Waals surface area contributed by atoms with Crippen LogP contribution in [0.3, 0.4) is 0 Å². The summed E-state index contributed by atoms with van der Waals surface area (Å²) in [5, 5.41) is 11.9. The summed E-state index contributed by atoms with van der Waals surface area (Å²) < 4.78 is 78.5. The highest BCUT2D eigenvalue weighted by molar-refractivity contribution is 6.08. The lowest BCUT2D eigenvalue weighted by Gasteiger charge is -2.34. The minimum Gasteiger partial charge on any atom is -0.465 e. The number of rotatable bonds is 5. The molecule has 3 amide bonds. The summed E-state index contributed by atoms with van der Waals surface area (Å²) in [6.07, 6.45) is -11.9. The van der Waals surface area contributed by atoms with Crippen LogP contribution >= 0.6 is 0 Å². The molecule has 0 spiro atoms. The standard InChI is InChI=1S/C23H19F6N3O4/c1-31-17(33)12-32(21(35)36)18(14-5-3-2-4-6-14)19(31)20(34)30-8-7-13-9-15(22(24,25)26)11-16(10-13)23(27,28)29/h2-6,9-11H,7-8,12H2,1H3,(H,30,34)(H,35,36). The fourth-order valence-electron chi connectivity index (χ4n) is 3.61. The zero-order valence-electron chi connectivity index (χ0n) is 18.6. The van der Waals surface area contributed by atoms with E-state index in [1.165, 1.54) is 19.2 Å². The predicted molar refractivity (Wildman–Crippen MR) is 114 cm³/mol. The highest BCUT2D eigenvalue weighted by atomic mass is 19.4. The number of hydrogen-bond acceptors (Lipinski definition) is 3. The van der Waals surface area contributed by atoms with Gasteiger partial charge in [-0.05, 0) is 30.2 Å². The summed E-state index contributed by atoms with van der Waals surface area (Å²) in [7, 11) is 1.25. The number of nitrogens with zero attached hydrogens (tertiary/aromatic N) is 2. The molecule has 0 fully saturated rings. The molecule has 0 saturated heterocycles. The maximum atomic E-state index is 13.1. The van der Waals surface area contributed by atoms with Crippen LogP contribution in [0.2, 0.25) is 0 Å². The molecule has 1 heterocycles. The number of carboxylic acid groups (broad SMARTS) is 1. The van der Waals surface area contributed by atoms with Gasteiger partial charge in [-0.3, -0.25) is 14.5 Å². The van der Waals surface area contributed by atoms with Crippen LogP contribution in [0.1, 0.15) is 22.3 Å². The number of likely N-dealkylation sites (N-methyl/N-ethyl adjacent to an activating group) is 1. The van der Waals surface area contributed by atoms with E-state index >= 15 is 0 Å². The van der Waals surface area contributed by atoms with Gasteiger partial charge in [-0.2, -0.15) is 26.3 Å². The van der Waals surface area contributed by atoms with Gasteiger partial charge >= 0.3 is 18.4 Å². The minimum absolute atomic E-state index is 0.00210. The maximum Gasteiger partial charge on any atom is 0.416 e. The van der Waals surface area contributed by atoms with Crippen LogP contribution in [0.25, 0.3) is 5.70 Å². The Kier molecular flexibility index (Phi) is 7.32. The molecule has 0 saturated carbocycles. The lowest BCUT2D eigenvalue weighted by Crippen LogP contribution is -2.49. The molecule has 2 aromatic carbocycles. The number of benzene rings is 2. The Hall–Kier alpha value is -4.03. The average molecular weight is 515 g/mol. The zero-order chi connectivity index (χ0) is 26.8. The third-order valence-electron chi connectivity index (χ3n) is 5.34. The Morgan fingerprint density at radius 1 is 0.972 bits per heavy atom. The molecule has 1 aliphatic heterocycles. The van der Waals surface area contributed by atoms with Crippen LogP contribution in [-0.4, -0.2) is 53.0 Å². The van der Waals surface area contributed by atoms with Crippen molar-refractivity contribution in [3.8, 4) is 0 Å². The fraction of sp³-hybridized carbons (Fsp3) is 0.261. The Balaban J connectivity index is 1.91. The summed E-state index contributed by atoms with van der Waals surface area (Å²) >= 11 is 0. The van der Waals surface area contributed by atoms with Crippen molar-refractivity contribution in [3.63, 3.8) is 0 Å². The third kappa shape index (κ3) is 5.78. The second-order valence-corrected chi connectivity index (χ2v) is 7.80. The molecular formula is C23H19F6N3O4. The third-order valence-corrected chi connectivity index (χ3v) is 5.34. The lowest BCUT2D eigenvalue weighted by atomic mass is 10.0. The second kappa shape index (κ2) is 9.91. The number of alkyl halides is 6. The van der Waals surface area contributed by atoms with E-state index < -0.39 is 60.9 Å². The second-order valence-electron chi connectivity index (χ2n) is 7.80. The molecule has 192 valence electrons. The van der Waals surface area contributed by atoms with Crippen molar-refractivity contribution in [1.29, 1.82) is 0 Å². The number of hydrogen-bond donors (Lipinski definition) is 2. The summed E-state index contributed by atoms with van der Waals surface area (Å²) in [6.45, 7) is -0.949. The van der Waals surface area contributed by atoms with E-state index in [0.717, 1.165) is 4.90 Å². The van der Waals surface area contributed by atoms with Gasteiger partial charge in [-0.15, -0.1) is 0 Å². The molecule has 2 N–H and O–H groups in total. The van der Waals surface area contributed by atoms with Crippen molar-refractivity contribution in [3.05, 3.63) is 76.5 Å². The zero-order valence-corrected chi connectivity index (χ0v) is 18.6. The maximum absolute atomic E-state index is 13.1. The number of amides is 3. The number of halogens is 6. The van der Waals surface area contributed by atoms with Gasteiger partial charge in [0.2, 0.25) is 5.91 Å². The van der Waals surface area contributed by atoms with E-state index in [0.29, 0.717) is 22.6 Å². The molecule has 0 atom stereocenters. The van der Waals surface area contributed by atoms with Crippen molar-refractivity contribution in [2.45, 2.75) is 18.8 Å². The van der Waals surface area contributed by atoms with E-state index in [4.69, 9.17) is 0 Å². The quantitative estimate of drug-likeness (QED) is 0.585. The first-order valence-corrected chi connectivity index (χ1v) is 10.3. The van der Waals surface area contributed by atoms with Gasteiger partial charge in [0.15, 0.2) is 0 Å². The van der Waals surface area contributed by atoms with Crippen LogP contribution in [0.15, 0.2) is 54.2 Å². The normalized spacial score (nSPS) is 14.8. The van der Waals surface area contributed by atoms with E-state index in [1.54, 1.807) is 18.2 Å². The summed E-state index contributed by atoms with van der Waals surface area (Å²) in [6, 6.07) is 8.96. The Morgan fingerprint density at radius 2 is 1.53 bits per heavy atom. The largest absolute Gasteiger partial charge is 0.465 e. The van der Waals surface area contributed by atoms with Crippen LogP contribution in [0, 0.1) is 0 Å². The molecule has 13 heteroatoms. The first-order valence-electron chi connectivity index (χ1n) is 10.3. The molecule has 0 unspecified atom stereocenters. The molecule has 0 radical (unpaired) electrons. The predicted octanol–water partition coefficient (Wildman–Crippen LogP) is 4.20. The summed E-state index contributed by atoms with van der Waals surface area (Å²) in [5.41, 5.74) is -3.42. The Labute approximate surface area is 200 Å². The topological polar surface area (TPSA) is 90.0 Å². The van der Waals surface area contributed by atoms with Crippen molar-refractivity contribution >= 4 is 23.6 Å². The van der Waals surface area contributed by atoms with E-state index in [1.807, 2.05) is 0 Å².